The number of nitrogen functional groups attached to an aromatic ring is 1. The lowest BCUT2D eigenvalue weighted by Gasteiger charge is -2.56. The van der Waals surface area contributed by atoms with Crippen molar-refractivity contribution in [3.05, 3.63) is 11.1 Å². The van der Waals surface area contributed by atoms with Crippen LogP contribution in [0.3, 0.4) is 0 Å². The molecule has 12 nitrogen and oxygen atoms in total. The topological polar surface area (TPSA) is 174 Å². The van der Waals surface area contributed by atoms with Crippen molar-refractivity contribution < 1.29 is 33.9 Å². The first-order chi connectivity index (χ1) is 14.6. The zero-order valence-electron chi connectivity index (χ0n) is 16.4. The molecule has 0 aromatic carbocycles. The number of hydrogen-bond acceptors (Lipinski definition) is 11. The van der Waals surface area contributed by atoms with Crippen molar-refractivity contribution in [2.24, 2.45) is 11.1 Å². The summed E-state index contributed by atoms with van der Waals surface area (Å²) in [4.78, 5) is 59.8. The van der Waals surface area contributed by atoms with Crippen LogP contribution in [0, 0.1) is 5.92 Å². The number of anilines is 1. The molecule has 1 aromatic rings. The van der Waals surface area contributed by atoms with Gasteiger partial charge in [0.2, 0.25) is 0 Å². The molecule has 4 rings (SSSR count). The SMILES string of the molecule is CC(C)O/N=C(\C(=O)NC1C(=O)N2C1SCC1CC(=O)OC12C(=O)O)c1csc(N)n1. The van der Waals surface area contributed by atoms with Crippen LogP contribution in [-0.4, -0.2) is 73.5 Å². The lowest BCUT2D eigenvalue weighted by molar-refractivity contribution is -0.215. The van der Waals surface area contributed by atoms with Crippen LogP contribution in [0.4, 0.5) is 5.13 Å². The van der Waals surface area contributed by atoms with Crippen LogP contribution in [-0.2, 0) is 28.8 Å². The van der Waals surface area contributed by atoms with Gasteiger partial charge in [-0.15, -0.1) is 23.1 Å². The van der Waals surface area contributed by atoms with Gasteiger partial charge in [0.15, 0.2) is 10.8 Å². The minimum atomic E-state index is -2.04. The van der Waals surface area contributed by atoms with Gasteiger partial charge in [-0.05, 0) is 13.8 Å². The Bertz CT molecular complexity index is 995. The Morgan fingerprint density at radius 3 is 2.84 bits per heavy atom. The second kappa shape index (κ2) is 7.67. The van der Waals surface area contributed by atoms with E-state index in [-0.39, 0.29) is 29.1 Å². The molecule has 0 spiro atoms. The summed E-state index contributed by atoms with van der Waals surface area (Å²) < 4.78 is 5.13. The van der Waals surface area contributed by atoms with Crippen LogP contribution < -0.4 is 11.1 Å². The third kappa shape index (κ3) is 3.39. The zero-order chi connectivity index (χ0) is 22.5. The molecule has 166 valence electrons. The number of rotatable bonds is 6. The monoisotopic (exact) mass is 469 g/mol. The lowest BCUT2D eigenvalue weighted by Crippen LogP contribution is -2.80. The fourth-order valence-corrected chi connectivity index (χ4v) is 5.79. The highest BCUT2D eigenvalue weighted by Crippen LogP contribution is 2.51. The highest BCUT2D eigenvalue weighted by atomic mass is 32.2. The molecular weight excluding hydrogens is 450 g/mol. The molecule has 0 aliphatic carbocycles. The Morgan fingerprint density at radius 1 is 1.48 bits per heavy atom. The van der Waals surface area contributed by atoms with E-state index in [4.69, 9.17) is 15.3 Å². The number of β-lactam (4-membered cyclic amide) rings is 1. The van der Waals surface area contributed by atoms with E-state index in [9.17, 15) is 24.3 Å². The Balaban J connectivity index is 1.56. The van der Waals surface area contributed by atoms with Crippen molar-refractivity contribution in [2.75, 3.05) is 11.5 Å². The van der Waals surface area contributed by atoms with Gasteiger partial charge in [0, 0.05) is 17.1 Å². The van der Waals surface area contributed by atoms with Crippen molar-refractivity contribution in [2.45, 2.75) is 43.5 Å². The number of aliphatic carboxylic acids is 1. The first-order valence-corrected chi connectivity index (χ1v) is 11.2. The number of nitrogens with zero attached hydrogens (tertiary/aromatic N) is 3. The molecule has 3 aliphatic rings. The van der Waals surface area contributed by atoms with E-state index >= 15 is 0 Å². The maximum Gasteiger partial charge on any atom is 0.370 e. The normalized spacial score (nSPS) is 29.7. The minimum Gasteiger partial charge on any atom is -0.477 e. The summed E-state index contributed by atoms with van der Waals surface area (Å²) in [6.45, 7) is 3.45. The first kappa shape index (κ1) is 21.4. The number of oxime groups is 1. The van der Waals surface area contributed by atoms with Crippen LogP contribution in [0.15, 0.2) is 10.5 Å². The van der Waals surface area contributed by atoms with Gasteiger partial charge in [0.1, 0.15) is 23.2 Å². The number of nitrogens with one attached hydrogen (secondary N) is 1. The van der Waals surface area contributed by atoms with Gasteiger partial charge in [-0.1, -0.05) is 5.16 Å². The van der Waals surface area contributed by atoms with Gasteiger partial charge < -0.3 is 25.7 Å². The van der Waals surface area contributed by atoms with Gasteiger partial charge in [0.05, 0.1) is 6.42 Å². The fourth-order valence-electron chi connectivity index (χ4n) is 3.68. The average molecular weight is 470 g/mol. The molecular formula is C17H19N5O7S2. The third-order valence-electron chi connectivity index (χ3n) is 5.03. The summed E-state index contributed by atoms with van der Waals surface area (Å²) in [5.74, 6) is -3.82. The molecule has 4 N–H and O–H groups in total. The average Bonchev–Trinajstić information content (AvgIpc) is 3.27. The van der Waals surface area contributed by atoms with Crippen molar-refractivity contribution in [1.82, 2.24) is 15.2 Å². The van der Waals surface area contributed by atoms with Crippen LogP contribution in [0.25, 0.3) is 0 Å². The number of thiazole rings is 1. The number of esters is 1. The summed E-state index contributed by atoms with van der Waals surface area (Å²) in [7, 11) is 0. The number of amides is 2. The van der Waals surface area contributed by atoms with Gasteiger partial charge in [-0.3, -0.25) is 19.3 Å². The van der Waals surface area contributed by atoms with E-state index in [2.05, 4.69) is 15.5 Å². The maximum atomic E-state index is 12.9. The molecule has 31 heavy (non-hydrogen) atoms. The van der Waals surface area contributed by atoms with Crippen LogP contribution in [0.5, 0.6) is 0 Å². The van der Waals surface area contributed by atoms with E-state index in [1.165, 1.54) is 17.1 Å². The summed E-state index contributed by atoms with van der Waals surface area (Å²) in [6, 6.07) is -1.02. The second-order valence-electron chi connectivity index (χ2n) is 7.43. The lowest BCUT2D eigenvalue weighted by atomic mass is 9.89. The largest absolute Gasteiger partial charge is 0.477 e. The number of ether oxygens (including phenoxy) is 1. The van der Waals surface area contributed by atoms with E-state index in [1.54, 1.807) is 13.8 Å². The summed E-state index contributed by atoms with van der Waals surface area (Å²) in [6.07, 6.45) is -0.389. The standard InChI is InChI=1S/C17H19N5O7S2/c1-6(2)29-21-10(8-5-31-16(18)19-8)12(24)20-11-13(25)22-14(11)30-4-7-3-9(23)28-17(7,22)15(26)27/h5-7,11,14H,3-4H2,1-2H3,(H2,18,19)(H,20,24)(H,26,27)/b21-10-. The smallest absolute Gasteiger partial charge is 0.370 e. The number of carbonyl (C=O) groups is 4. The predicted octanol–water partition coefficient (Wildman–Crippen LogP) is -0.402. The van der Waals surface area contributed by atoms with Crippen molar-refractivity contribution in [3.8, 4) is 0 Å². The number of nitrogens with two attached hydrogens (primary N) is 1. The molecule has 3 fully saturated rings. The fraction of sp³-hybridized carbons (Fsp3) is 0.529. The highest BCUT2D eigenvalue weighted by molar-refractivity contribution is 8.00. The Labute approximate surface area is 184 Å². The Kier molecular flexibility index (Phi) is 5.29. The molecule has 0 radical (unpaired) electrons. The molecule has 1 aromatic heterocycles. The Morgan fingerprint density at radius 2 is 2.23 bits per heavy atom. The molecule has 0 saturated carbocycles. The van der Waals surface area contributed by atoms with Crippen LogP contribution in [0.2, 0.25) is 0 Å². The number of carboxylic acid groups (broad SMARTS) is 1. The minimum absolute atomic E-state index is 0.0819. The number of fused-ring (bicyclic) bond motifs is 3. The van der Waals surface area contributed by atoms with E-state index in [0.717, 1.165) is 16.2 Å². The third-order valence-corrected chi connectivity index (χ3v) is 7.13. The van der Waals surface area contributed by atoms with Crippen LogP contribution in [0.1, 0.15) is 26.0 Å². The molecule has 3 aliphatic heterocycles. The van der Waals surface area contributed by atoms with Crippen molar-refractivity contribution >= 4 is 57.7 Å². The van der Waals surface area contributed by atoms with E-state index in [0.29, 0.717) is 5.75 Å². The van der Waals surface area contributed by atoms with Gasteiger partial charge in [0.25, 0.3) is 17.5 Å². The zero-order valence-corrected chi connectivity index (χ0v) is 18.1. The van der Waals surface area contributed by atoms with Gasteiger partial charge >= 0.3 is 11.9 Å². The van der Waals surface area contributed by atoms with E-state index < -0.39 is 46.8 Å². The molecule has 3 saturated heterocycles. The van der Waals surface area contributed by atoms with Crippen molar-refractivity contribution in [3.63, 3.8) is 0 Å². The molecule has 14 heteroatoms. The first-order valence-electron chi connectivity index (χ1n) is 9.31. The summed E-state index contributed by atoms with van der Waals surface area (Å²) in [5, 5.41) is 17.2. The summed E-state index contributed by atoms with van der Waals surface area (Å²) in [5.41, 5.74) is 3.63. The molecule has 0 bridgehead atoms. The number of carbonyl (C=O) groups excluding carboxylic acids is 3. The molecule has 2 amide bonds. The quantitative estimate of drug-likeness (QED) is 0.215. The molecule has 4 unspecified atom stereocenters. The van der Waals surface area contributed by atoms with Gasteiger partial charge in [-0.2, -0.15) is 0 Å². The molecule has 4 heterocycles. The van der Waals surface area contributed by atoms with Crippen LogP contribution >= 0.6 is 23.1 Å². The second-order valence-corrected chi connectivity index (χ2v) is 9.46. The predicted molar refractivity (Wildman–Crippen MR) is 109 cm³/mol. The van der Waals surface area contributed by atoms with E-state index in [1.807, 2.05) is 0 Å². The number of thioether (sulfide) groups is 1. The number of aromatic nitrogens is 1. The highest BCUT2D eigenvalue weighted by Gasteiger charge is 2.71. The number of carboxylic acids is 1. The molecule has 4 atom stereocenters. The number of hydrogen-bond donors (Lipinski definition) is 3. The van der Waals surface area contributed by atoms with Gasteiger partial charge in [-0.25, -0.2) is 9.78 Å². The maximum absolute atomic E-state index is 12.9. The Hall–Kier alpha value is -2.87. The summed E-state index contributed by atoms with van der Waals surface area (Å²) >= 11 is 2.39. The van der Waals surface area contributed by atoms with Crippen molar-refractivity contribution in [1.29, 1.82) is 0 Å².